The number of nitrogens with one attached hydrogen (secondary N) is 1. The molecule has 0 spiro atoms. The minimum Gasteiger partial charge on any atom is -0.409 e. The topological polar surface area (TPSA) is 38.3 Å². The molecule has 0 aliphatic rings. The molecule has 1 N–H and O–H groups in total. The number of para-hydroxylation sites is 1. The van der Waals surface area contributed by atoms with Gasteiger partial charge in [-0.1, -0.05) is 29.8 Å². The molecular formula is C13H12ClNO2S. The third-order valence-electron chi connectivity index (χ3n) is 2.26. The van der Waals surface area contributed by atoms with Crippen LogP contribution in [-0.2, 0) is 6.42 Å². The predicted molar refractivity (Wildman–Crippen MR) is 73.5 cm³/mol. The number of ether oxygens (including phenoxy) is 1. The minimum atomic E-state index is -0.486. The Kier molecular flexibility index (Phi) is 4.61. The van der Waals surface area contributed by atoms with Crippen molar-refractivity contribution in [1.29, 1.82) is 0 Å². The van der Waals surface area contributed by atoms with E-state index in [4.69, 9.17) is 16.3 Å². The summed E-state index contributed by atoms with van der Waals surface area (Å²) in [6, 6.07) is 10.9. The maximum Gasteiger partial charge on any atom is 0.412 e. The van der Waals surface area contributed by atoms with Gasteiger partial charge in [0.15, 0.2) is 5.75 Å². The third-order valence-corrected chi connectivity index (χ3v) is 3.51. The van der Waals surface area contributed by atoms with Crippen molar-refractivity contribution in [2.45, 2.75) is 6.42 Å². The number of hydrogen-bond acceptors (Lipinski definition) is 3. The van der Waals surface area contributed by atoms with Crippen LogP contribution < -0.4 is 10.1 Å². The zero-order valence-corrected chi connectivity index (χ0v) is 11.1. The number of carbonyl (C=O) groups excluding carboxylic acids is 1. The van der Waals surface area contributed by atoms with Gasteiger partial charge in [-0.15, -0.1) is 11.3 Å². The lowest BCUT2D eigenvalue weighted by Gasteiger charge is -2.07. The summed E-state index contributed by atoms with van der Waals surface area (Å²) in [5.74, 6) is 0.368. The second-order valence-corrected chi connectivity index (χ2v) is 5.02. The Balaban J connectivity index is 1.77. The molecule has 5 heteroatoms. The highest BCUT2D eigenvalue weighted by Gasteiger charge is 2.06. The van der Waals surface area contributed by atoms with Crippen molar-refractivity contribution in [3.8, 4) is 5.75 Å². The molecule has 18 heavy (non-hydrogen) atoms. The average Bonchev–Trinajstić information content (AvgIpc) is 2.85. The van der Waals surface area contributed by atoms with Crippen LogP contribution in [0.2, 0.25) is 5.02 Å². The van der Waals surface area contributed by atoms with Crippen molar-refractivity contribution < 1.29 is 9.53 Å². The van der Waals surface area contributed by atoms with Gasteiger partial charge in [-0.05, 0) is 30.0 Å². The fraction of sp³-hybridized carbons (Fsp3) is 0.154. The van der Waals surface area contributed by atoms with E-state index in [0.717, 1.165) is 6.42 Å². The van der Waals surface area contributed by atoms with Gasteiger partial charge in [0.1, 0.15) is 0 Å². The normalized spacial score (nSPS) is 10.1. The van der Waals surface area contributed by atoms with Crippen LogP contribution in [0.4, 0.5) is 4.79 Å². The Labute approximate surface area is 114 Å². The first kappa shape index (κ1) is 12.9. The molecule has 3 nitrogen and oxygen atoms in total. The van der Waals surface area contributed by atoms with E-state index in [9.17, 15) is 4.79 Å². The van der Waals surface area contributed by atoms with E-state index in [1.54, 1.807) is 35.6 Å². The van der Waals surface area contributed by atoms with E-state index in [2.05, 4.69) is 5.32 Å². The lowest BCUT2D eigenvalue weighted by atomic mass is 10.3. The van der Waals surface area contributed by atoms with Gasteiger partial charge in [0.2, 0.25) is 0 Å². The Hall–Kier alpha value is -1.52. The molecule has 0 aliphatic heterocycles. The van der Waals surface area contributed by atoms with E-state index in [0.29, 0.717) is 17.3 Å². The lowest BCUT2D eigenvalue weighted by molar-refractivity contribution is 0.200. The lowest BCUT2D eigenvalue weighted by Crippen LogP contribution is -2.28. The standard InChI is InChI=1S/C13H12ClNO2S/c14-11-5-1-2-6-12(11)17-13(16)15-8-7-10-4-3-9-18-10/h1-6,9H,7-8H2,(H,15,16). The van der Waals surface area contributed by atoms with Crippen LogP contribution in [-0.4, -0.2) is 12.6 Å². The summed E-state index contributed by atoms with van der Waals surface area (Å²) >= 11 is 7.55. The monoisotopic (exact) mass is 281 g/mol. The molecule has 0 saturated carbocycles. The molecule has 1 aromatic carbocycles. The van der Waals surface area contributed by atoms with Gasteiger partial charge in [-0.25, -0.2) is 4.79 Å². The Morgan fingerprint density at radius 2 is 2.11 bits per heavy atom. The smallest absolute Gasteiger partial charge is 0.409 e. The van der Waals surface area contributed by atoms with Crippen molar-refractivity contribution >= 4 is 29.0 Å². The second-order valence-electron chi connectivity index (χ2n) is 3.58. The summed E-state index contributed by atoms with van der Waals surface area (Å²) in [6.07, 6.45) is 0.314. The highest BCUT2D eigenvalue weighted by atomic mass is 35.5. The Morgan fingerprint density at radius 1 is 1.28 bits per heavy atom. The van der Waals surface area contributed by atoms with Gasteiger partial charge in [0.05, 0.1) is 5.02 Å². The van der Waals surface area contributed by atoms with Crippen LogP contribution in [0.15, 0.2) is 41.8 Å². The van der Waals surface area contributed by atoms with Crippen molar-refractivity contribution in [3.63, 3.8) is 0 Å². The van der Waals surface area contributed by atoms with Crippen molar-refractivity contribution in [1.82, 2.24) is 5.32 Å². The molecule has 0 saturated heterocycles. The van der Waals surface area contributed by atoms with Gasteiger partial charge in [-0.3, -0.25) is 0 Å². The first-order chi connectivity index (χ1) is 8.75. The number of halogens is 1. The summed E-state index contributed by atoms with van der Waals surface area (Å²) in [4.78, 5) is 12.7. The highest BCUT2D eigenvalue weighted by Crippen LogP contribution is 2.22. The van der Waals surface area contributed by atoms with Crippen LogP contribution in [0, 0.1) is 0 Å². The first-order valence-electron chi connectivity index (χ1n) is 5.48. The predicted octanol–water partition coefficient (Wildman–Crippen LogP) is 3.73. The van der Waals surface area contributed by atoms with Crippen molar-refractivity contribution in [2.75, 3.05) is 6.54 Å². The van der Waals surface area contributed by atoms with Crippen LogP contribution in [0.25, 0.3) is 0 Å². The number of rotatable bonds is 4. The number of thiophene rings is 1. The van der Waals surface area contributed by atoms with Crippen molar-refractivity contribution in [2.24, 2.45) is 0 Å². The van der Waals surface area contributed by atoms with Gasteiger partial charge < -0.3 is 10.1 Å². The number of benzene rings is 1. The molecule has 2 aromatic rings. The Bertz CT molecular complexity index is 513. The van der Waals surface area contributed by atoms with Crippen LogP contribution in [0.1, 0.15) is 4.88 Å². The minimum absolute atomic E-state index is 0.368. The molecule has 1 heterocycles. The van der Waals surface area contributed by atoms with Gasteiger partial charge in [0.25, 0.3) is 0 Å². The maximum absolute atomic E-state index is 11.5. The van der Waals surface area contributed by atoms with Crippen LogP contribution >= 0.6 is 22.9 Å². The number of carbonyl (C=O) groups is 1. The largest absolute Gasteiger partial charge is 0.412 e. The van der Waals surface area contributed by atoms with E-state index >= 15 is 0 Å². The van der Waals surface area contributed by atoms with Gasteiger partial charge in [0, 0.05) is 11.4 Å². The first-order valence-corrected chi connectivity index (χ1v) is 6.74. The second kappa shape index (κ2) is 6.42. The average molecular weight is 282 g/mol. The molecule has 1 amide bonds. The van der Waals surface area contributed by atoms with E-state index in [1.807, 2.05) is 17.5 Å². The molecule has 0 bridgehead atoms. The summed E-state index contributed by atoms with van der Waals surface area (Å²) in [7, 11) is 0. The quantitative estimate of drug-likeness (QED) is 0.927. The molecular weight excluding hydrogens is 270 g/mol. The molecule has 0 aliphatic carbocycles. The maximum atomic E-state index is 11.5. The molecule has 0 radical (unpaired) electrons. The van der Waals surface area contributed by atoms with Crippen molar-refractivity contribution in [3.05, 3.63) is 51.7 Å². The number of hydrogen-bond donors (Lipinski definition) is 1. The summed E-state index contributed by atoms with van der Waals surface area (Å²) in [5, 5.41) is 5.12. The third kappa shape index (κ3) is 3.75. The summed E-state index contributed by atoms with van der Waals surface area (Å²) in [6.45, 7) is 0.545. The van der Waals surface area contributed by atoms with Crippen LogP contribution in [0.5, 0.6) is 5.75 Å². The zero-order chi connectivity index (χ0) is 12.8. The fourth-order valence-electron chi connectivity index (χ4n) is 1.41. The van der Waals surface area contributed by atoms with Gasteiger partial charge in [-0.2, -0.15) is 0 Å². The Morgan fingerprint density at radius 3 is 2.83 bits per heavy atom. The SMILES string of the molecule is O=C(NCCc1cccs1)Oc1ccccc1Cl. The van der Waals surface area contributed by atoms with E-state index < -0.39 is 6.09 Å². The number of amides is 1. The summed E-state index contributed by atoms with van der Waals surface area (Å²) < 4.78 is 5.09. The molecule has 0 atom stereocenters. The molecule has 0 fully saturated rings. The molecule has 2 rings (SSSR count). The molecule has 94 valence electrons. The highest BCUT2D eigenvalue weighted by molar-refractivity contribution is 7.09. The van der Waals surface area contributed by atoms with E-state index in [-0.39, 0.29) is 0 Å². The molecule has 1 aromatic heterocycles. The zero-order valence-electron chi connectivity index (χ0n) is 9.56. The fourth-order valence-corrected chi connectivity index (χ4v) is 2.29. The molecule has 0 unspecified atom stereocenters. The summed E-state index contributed by atoms with van der Waals surface area (Å²) in [5.41, 5.74) is 0. The van der Waals surface area contributed by atoms with Gasteiger partial charge >= 0.3 is 6.09 Å². The van der Waals surface area contributed by atoms with Crippen LogP contribution in [0.3, 0.4) is 0 Å². The van der Waals surface area contributed by atoms with E-state index in [1.165, 1.54) is 4.88 Å².